The SMILES string of the molecule is CCCCCC(c1ccncc1)C(N)(CCCCC)c1ccncc1. The minimum Gasteiger partial charge on any atom is -0.321 e. The lowest BCUT2D eigenvalue weighted by atomic mass is 9.70. The van der Waals surface area contributed by atoms with Gasteiger partial charge < -0.3 is 5.73 Å². The summed E-state index contributed by atoms with van der Waals surface area (Å²) in [4.78, 5) is 8.40. The van der Waals surface area contributed by atoms with E-state index >= 15 is 0 Å². The van der Waals surface area contributed by atoms with Crippen LogP contribution in [0, 0.1) is 0 Å². The summed E-state index contributed by atoms with van der Waals surface area (Å²) in [6.45, 7) is 4.49. The molecule has 2 atom stereocenters. The third kappa shape index (κ3) is 5.37. The van der Waals surface area contributed by atoms with Gasteiger partial charge in [0, 0.05) is 36.2 Å². The number of pyridine rings is 2. The Morgan fingerprint density at radius 3 is 2.00 bits per heavy atom. The molecule has 2 N–H and O–H groups in total. The Kier molecular flexibility index (Phi) is 8.07. The predicted octanol–water partition coefficient (Wildman–Crippen LogP) is 5.58. The van der Waals surface area contributed by atoms with Crippen molar-refractivity contribution in [2.24, 2.45) is 5.73 Å². The zero-order valence-corrected chi connectivity index (χ0v) is 15.8. The van der Waals surface area contributed by atoms with Gasteiger partial charge in [-0.1, -0.05) is 52.4 Å². The number of unbranched alkanes of at least 4 members (excludes halogenated alkanes) is 4. The van der Waals surface area contributed by atoms with E-state index in [1.165, 1.54) is 43.2 Å². The Balaban J connectivity index is 2.37. The number of nitrogens with zero attached hydrogens (tertiary/aromatic N) is 2. The normalized spacial score (nSPS) is 14.8. The lowest BCUT2D eigenvalue weighted by molar-refractivity contribution is 0.296. The molecule has 0 spiro atoms. The maximum atomic E-state index is 7.17. The van der Waals surface area contributed by atoms with E-state index in [4.69, 9.17) is 5.73 Å². The molecule has 0 bridgehead atoms. The molecule has 0 saturated carbocycles. The van der Waals surface area contributed by atoms with Crippen LogP contribution < -0.4 is 5.73 Å². The number of hydrogen-bond acceptors (Lipinski definition) is 3. The van der Waals surface area contributed by atoms with Crippen LogP contribution in [0.2, 0.25) is 0 Å². The molecule has 25 heavy (non-hydrogen) atoms. The molecule has 2 rings (SSSR count). The van der Waals surface area contributed by atoms with Crippen molar-refractivity contribution in [1.29, 1.82) is 0 Å². The fourth-order valence-corrected chi connectivity index (χ4v) is 3.77. The van der Waals surface area contributed by atoms with Gasteiger partial charge in [0.25, 0.3) is 0 Å². The van der Waals surface area contributed by atoms with Crippen molar-refractivity contribution >= 4 is 0 Å². The highest BCUT2D eigenvalue weighted by Crippen LogP contribution is 2.42. The lowest BCUT2D eigenvalue weighted by Gasteiger charge is -2.39. The first-order valence-corrected chi connectivity index (χ1v) is 9.81. The second-order valence-electron chi connectivity index (χ2n) is 7.06. The Morgan fingerprint density at radius 2 is 1.40 bits per heavy atom. The summed E-state index contributed by atoms with van der Waals surface area (Å²) in [5.74, 6) is 0.307. The molecule has 0 fully saturated rings. The topological polar surface area (TPSA) is 51.8 Å². The molecule has 3 nitrogen and oxygen atoms in total. The third-order valence-corrected chi connectivity index (χ3v) is 5.24. The fourth-order valence-electron chi connectivity index (χ4n) is 3.77. The average molecular weight is 340 g/mol. The number of nitrogens with two attached hydrogens (primary N) is 1. The molecule has 136 valence electrons. The van der Waals surface area contributed by atoms with Crippen molar-refractivity contribution in [3.63, 3.8) is 0 Å². The van der Waals surface area contributed by atoms with Crippen molar-refractivity contribution in [2.45, 2.75) is 76.7 Å². The van der Waals surface area contributed by atoms with Gasteiger partial charge >= 0.3 is 0 Å². The molecule has 0 saturated heterocycles. The van der Waals surface area contributed by atoms with Crippen LogP contribution in [0.4, 0.5) is 0 Å². The predicted molar refractivity (Wildman–Crippen MR) is 105 cm³/mol. The van der Waals surface area contributed by atoms with Gasteiger partial charge in [0.15, 0.2) is 0 Å². The first-order valence-electron chi connectivity index (χ1n) is 9.81. The van der Waals surface area contributed by atoms with Crippen molar-refractivity contribution in [3.05, 3.63) is 60.2 Å². The maximum Gasteiger partial charge on any atom is 0.0480 e. The molecule has 3 heteroatoms. The summed E-state index contributed by atoms with van der Waals surface area (Å²) in [5, 5.41) is 0. The van der Waals surface area contributed by atoms with Gasteiger partial charge in [-0.15, -0.1) is 0 Å². The van der Waals surface area contributed by atoms with E-state index in [0.29, 0.717) is 5.92 Å². The molecule has 0 radical (unpaired) electrons. The molecular weight excluding hydrogens is 306 g/mol. The Labute approximate surface area is 153 Å². The highest BCUT2D eigenvalue weighted by molar-refractivity contribution is 5.30. The van der Waals surface area contributed by atoms with E-state index in [0.717, 1.165) is 19.3 Å². The quantitative estimate of drug-likeness (QED) is 0.544. The Bertz CT molecular complexity index is 585. The summed E-state index contributed by atoms with van der Waals surface area (Å²) in [6.07, 6.45) is 16.9. The van der Waals surface area contributed by atoms with Gasteiger partial charge in [-0.2, -0.15) is 0 Å². The van der Waals surface area contributed by atoms with E-state index in [1.54, 1.807) is 0 Å². The minimum atomic E-state index is -0.354. The summed E-state index contributed by atoms with van der Waals surface area (Å²) in [6, 6.07) is 8.47. The summed E-state index contributed by atoms with van der Waals surface area (Å²) in [7, 11) is 0. The number of hydrogen-bond donors (Lipinski definition) is 1. The van der Waals surface area contributed by atoms with Gasteiger partial charge in [0.05, 0.1) is 0 Å². The molecule has 0 aliphatic rings. The van der Waals surface area contributed by atoms with E-state index < -0.39 is 0 Å². The van der Waals surface area contributed by atoms with Crippen LogP contribution in [0.25, 0.3) is 0 Å². The van der Waals surface area contributed by atoms with E-state index in [9.17, 15) is 0 Å². The second kappa shape index (κ2) is 10.3. The molecular formula is C22H33N3. The minimum absolute atomic E-state index is 0.307. The highest BCUT2D eigenvalue weighted by Gasteiger charge is 2.36. The van der Waals surface area contributed by atoms with Crippen molar-refractivity contribution in [2.75, 3.05) is 0 Å². The molecule has 2 heterocycles. The Morgan fingerprint density at radius 1 is 0.840 bits per heavy atom. The largest absolute Gasteiger partial charge is 0.321 e. The van der Waals surface area contributed by atoms with Gasteiger partial charge in [0.1, 0.15) is 0 Å². The summed E-state index contributed by atoms with van der Waals surface area (Å²) < 4.78 is 0. The van der Waals surface area contributed by atoms with Gasteiger partial charge in [0.2, 0.25) is 0 Å². The van der Waals surface area contributed by atoms with Gasteiger partial charge in [-0.05, 0) is 48.2 Å². The second-order valence-corrected chi connectivity index (χ2v) is 7.06. The molecule has 0 aliphatic heterocycles. The number of rotatable bonds is 11. The zero-order valence-electron chi connectivity index (χ0n) is 15.8. The molecule has 0 aliphatic carbocycles. The maximum absolute atomic E-state index is 7.17. The molecule has 2 aromatic heterocycles. The Hall–Kier alpha value is -1.74. The van der Waals surface area contributed by atoms with Crippen LogP contribution in [0.1, 0.15) is 82.3 Å². The van der Waals surface area contributed by atoms with Crippen LogP contribution in [-0.4, -0.2) is 9.97 Å². The standard InChI is InChI=1S/C22H33N3/c1-3-5-7-9-21(19-10-15-24-16-11-19)22(23,14-8-6-4-2)20-12-17-25-18-13-20/h10-13,15-18,21H,3-9,14,23H2,1-2H3. The third-order valence-electron chi connectivity index (χ3n) is 5.24. The van der Waals surface area contributed by atoms with Crippen molar-refractivity contribution in [3.8, 4) is 0 Å². The summed E-state index contributed by atoms with van der Waals surface area (Å²) in [5.41, 5.74) is 9.33. The monoisotopic (exact) mass is 339 g/mol. The van der Waals surface area contributed by atoms with E-state index in [1.807, 2.05) is 24.8 Å². The molecule has 2 aromatic rings. The molecule has 0 amide bonds. The van der Waals surface area contributed by atoms with E-state index in [-0.39, 0.29) is 5.54 Å². The average Bonchev–Trinajstić information content (AvgIpc) is 2.67. The molecule has 0 aromatic carbocycles. The highest BCUT2D eigenvalue weighted by atomic mass is 14.8. The van der Waals surface area contributed by atoms with Gasteiger partial charge in [-0.25, -0.2) is 0 Å². The smallest absolute Gasteiger partial charge is 0.0480 e. The van der Waals surface area contributed by atoms with Crippen molar-refractivity contribution < 1.29 is 0 Å². The first kappa shape index (κ1) is 19.6. The summed E-state index contributed by atoms with van der Waals surface area (Å²) >= 11 is 0. The van der Waals surface area contributed by atoms with Crippen LogP contribution in [0.15, 0.2) is 49.1 Å². The molecule has 2 unspecified atom stereocenters. The van der Waals surface area contributed by atoms with Crippen molar-refractivity contribution in [1.82, 2.24) is 9.97 Å². The first-order chi connectivity index (χ1) is 12.2. The lowest BCUT2D eigenvalue weighted by Crippen LogP contribution is -2.43. The number of aromatic nitrogens is 2. The van der Waals surface area contributed by atoms with Crippen LogP contribution in [-0.2, 0) is 5.54 Å². The van der Waals surface area contributed by atoms with Crippen LogP contribution >= 0.6 is 0 Å². The van der Waals surface area contributed by atoms with Gasteiger partial charge in [-0.3, -0.25) is 9.97 Å². The van der Waals surface area contributed by atoms with Crippen LogP contribution in [0.5, 0.6) is 0 Å². The zero-order chi connectivity index (χ0) is 18.0. The van der Waals surface area contributed by atoms with Crippen LogP contribution in [0.3, 0.4) is 0 Å². The fraction of sp³-hybridized carbons (Fsp3) is 0.545. The van der Waals surface area contributed by atoms with E-state index in [2.05, 4.69) is 48.1 Å².